The highest BCUT2D eigenvalue weighted by Gasteiger charge is 2.44. The predicted molar refractivity (Wildman–Crippen MR) is 137 cm³/mol. The molecule has 0 aromatic heterocycles. The number of amides is 2. The van der Waals surface area contributed by atoms with E-state index in [2.05, 4.69) is 0 Å². The average molecular weight is 531 g/mol. The molecule has 7 nitrogen and oxygen atoms in total. The molecule has 3 aliphatic heterocycles. The molecule has 2 aromatic carbocycles. The van der Waals surface area contributed by atoms with Crippen molar-refractivity contribution >= 4 is 23.4 Å². The fourth-order valence-electron chi connectivity index (χ4n) is 5.97. The van der Waals surface area contributed by atoms with Crippen LogP contribution >= 0.6 is 11.6 Å². The Labute approximate surface area is 221 Å². The number of rotatable bonds is 8. The van der Waals surface area contributed by atoms with Crippen LogP contribution in [-0.4, -0.2) is 72.7 Å². The quantitative estimate of drug-likeness (QED) is 0.494. The van der Waals surface area contributed by atoms with E-state index in [9.17, 15) is 14.0 Å². The maximum Gasteiger partial charge on any atom is 0.261 e. The van der Waals surface area contributed by atoms with E-state index in [1.54, 1.807) is 42.3 Å². The molecule has 1 unspecified atom stereocenters. The number of carbonyl (C=O) groups is 2. The number of piperidine rings is 1. The minimum Gasteiger partial charge on any atom is -0.490 e. The summed E-state index contributed by atoms with van der Waals surface area (Å²) in [4.78, 5) is 30.4. The molecular weight excluding hydrogens is 499 g/mol. The number of carbonyl (C=O) groups excluding carboxylic acids is 2. The van der Waals surface area contributed by atoms with Crippen LogP contribution in [0.4, 0.5) is 4.39 Å². The van der Waals surface area contributed by atoms with E-state index in [4.69, 9.17) is 25.8 Å². The van der Waals surface area contributed by atoms with E-state index in [-0.39, 0.29) is 48.5 Å². The SMILES string of the molecule is COC[C@@H]1CCCN1C(=O)c1cc(Cl)ccc1OCC(=O)N1[C@@H]2CC[C@H]1CC(Oc1ccc(F)cc1)C2. The molecule has 2 amide bonds. The number of fused-ring (bicyclic) bond motifs is 2. The monoisotopic (exact) mass is 530 g/mol. The largest absolute Gasteiger partial charge is 0.490 e. The first-order valence-electron chi connectivity index (χ1n) is 12.9. The van der Waals surface area contributed by atoms with Crippen molar-refractivity contribution in [3.8, 4) is 11.5 Å². The Balaban J connectivity index is 1.22. The summed E-state index contributed by atoms with van der Waals surface area (Å²) in [6.45, 7) is 0.973. The molecule has 4 atom stereocenters. The summed E-state index contributed by atoms with van der Waals surface area (Å²) in [6, 6.07) is 11.1. The number of ether oxygens (including phenoxy) is 3. The number of hydrogen-bond acceptors (Lipinski definition) is 5. The highest BCUT2D eigenvalue weighted by molar-refractivity contribution is 6.31. The third-order valence-electron chi connectivity index (χ3n) is 7.61. The first kappa shape index (κ1) is 25.8. The molecule has 9 heteroatoms. The molecule has 0 saturated carbocycles. The second-order valence-electron chi connectivity index (χ2n) is 10.0. The summed E-state index contributed by atoms with van der Waals surface area (Å²) in [5, 5.41) is 0.436. The minimum absolute atomic E-state index is 0.0139. The van der Waals surface area contributed by atoms with E-state index in [0.29, 0.717) is 35.2 Å². The summed E-state index contributed by atoms with van der Waals surface area (Å²) >= 11 is 6.22. The molecule has 2 bridgehead atoms. The number of methoxy groups -OCH3 is 1. The van der Waals surface area contributed by atoms with Crippen molar-refractivity contribution in [1.29, 1.82) is 0 Å². The van der Waals surface area contributed by atoms with Crippen LogP contribution in [0.2, 0.25) is 5.02 Å². The van der Waals surface area contributed by atoms with Gasteiger partial charge < -0.3 is 24.0 Å². The van der Waals surface area contributed by atoms with Gasteiger partial charge in [0, 0.05) is 43.6 Å². The second kappa shape index (κ2) is 11.3. The van der Waals surface area contributed by atoms with Gasteiger partial charge in [-0.1, -0.05) is 11.6 Å². The van der Waals surface area contributed by atoms with Gasteiger partial charge in [0.25, 0.3) is 11.8 Å². The van der Waals surface area contributed by atoms with E-state index >= 15 is 0 Å². The molecule has 3 fully saturated rings. The molecule has 3 heterocycles. The Kier molecular flexibility index (Phi) is 7.86. The van der Waals surface area contributed by atoms with Gasteiger partial charge in [-0.25, -0.2) is 4.39 Å². The van der Waals surface area contributed by atoms with Crippen molar-refractivity contribution < 1.29 is 28.2 Å². The highest BCUT2D eigenvalue weighted by Crippen LogP contribution is 2.37. The maximum atomic E-state index is 13.4. The Morgan fingerprint density at radius 3 is 2.49 bits per heavy atom. The summed E-state index contributed by atoms with van der Waals surface area (Å²) in [7, 11) is 1.63. The Morgan fingerprint density at radius 2 is 1.78 bits per heavy atom. The van der Waals surface area contributed by atoms with Crippen molar-refractivity contribution in [3.05, 3.63) is 58.9 Å². The molecule has 3 saturated heterocycles. The van der Waals surface area contributed by atoms with Crippen molar-refractivity contribution in [2.24, 2.45) is 0 Å². The van der Waals surface area contributed by atoms with Crippen LogP contribution in [-0.2, 0) is 9.53 Å². The van der Waals surface area contributed by atoms with E-state index < -0.39 is 0 Å². The number of halogens is 2. The van der Waals surface area contributed by atoms with Crippen LogP contribution in [0.25, 0.3) is 0 Å². The summed E-state index contributed by atoms with van der Waals surface area (Å²) in [5.74, 6) is 0.434. The van der Waals surface area contributed by atoms with E-state index in [1.807, 2.05) is 4.90 Å². The highest BCUT2D eigenvalue weighted by atomic mass is 35.5. The van der Waals surface area contributed by atoms with Crippen LogP contribution in [0.1, 0.15) is 48.9 Å². The molecule has 0 spiro atoms. The van der Waals surface area contributed by atoms with Crippen LogP contribution in [0, 0.1) is 5.82 Å². The Bertz CT molecular complexity index is 1120. The molecule has 0 aliphatic carbocycles. The van der Waals surface area contributed by atoms with Crippen molar-refractivity contribution in [3.63, 3.8) is 0 Å². The van der Waals surface area contributed by atoms with E-state index in [0.717, 1.165) is 38.5 Å². The zero-order valence-electron chi connectivity index (χ0n) is 20.9. The van der Waals surface area contributed by atoms with Crippen molar-refractivity contribution in [2.75, 3.05) is 26.9 Å². The van der Waals surface area contributed by atoms with Crippen LogP contribution < -0.4 is 9.47 Å². The van der Waals surface area contributed by atoms with E-state index in [1.165, 1.54) is 12.1 Å². The number of nitrogens with zero attached hydrogens (tertiary/aromatic N) is 2. The van der Waals surface area contributed by atoms with Gasteiger partial charge >= 0.3 is 0 Å². The number of likely N-dealkylation sites (tertiary alicyclic amines) is 1. The van der Waals surface area contributed by atoms with Gasteiger partial charge in [0.1, 0.15) is 23.4 Å². The first-order chi connectivity index (χ1) is 17.9. The molecule has 37 heavy (non-hydrogen) atoms. The lowest BCUT2D eigenvalue weighted by molar-refractivity contribution is -0.139. The topological polar surface area (TPSA) is 68.3 Å². The first-order valence-corrected chi connectivity index (χ1v) is 13.3. The van der Waals surface area contributed by atoms with Gasteiger partial charge in [-0.2, -0.15) is 0 Å². The third-order valence-corrected chi connectivity index (χ3v) is 7.85. The Morgan fingerprint density at radius 1 is 1.05 bits per heavy atom. The minimum atomic E-state index is -0.298. The van der Waals surface area contributed by atoms with Crippen molar-refractivity contribution in [1.82, 2.24) is 9.80 Å². The summed E-state index contributed by atoms with van der Waals surface area (Å²) < 4.78 is 30.5. The molecule has 3 aliphatic rings. The number of hydrogen-bond donors (Lipinski definition) is 0. The smallest absolute Gasteiger partial charge is 0.261 e. The summed E-state index contributed by atoms with van der Waals surface area (Å²) in [6.07, 6.45) is 5.06. The fraction of sp³-hybridized carbons (Fsp3) is 0.500. The second-order valence-corrected chi connectivity index (χ2v) is 10.5. The standard InChI is InChI=1S/C28H32ClFN2O5/c1-35-16-22-3-2-12-31(22)28(34)25-13-18(29)4-11-26(25)36-17-27(33)32-20-7-8-21(32)15-24(14-20)37-23-9-5-19(30)6-10-23/h4-6,9-11,13,20-22,24H,2-3,7-8,12,14-17H2,1H3/t20-,21+,22-,24?/m0/s1. The van der Waals surface area contributed by atoms with Crippen LogP contribution in [0.15, 0.2) is 42.5 Å². The Hall–Kier alpha value is -2.84. The predicted octanol–water partition coefficient (Wildman–Crippen LogP) is 4.71. The fourth-order valence-corrected chi connectivity index (χ4v) is 6.14. The maximum absolute atomic E-state index is 13.4. The van der Waals surface area contributed by atoms with Crippen LogP contribution in [0.3, 0.4) is 0 Å². The molecule has 0 radical (unpaired) electrons. The molecule has 198 valence electrons. The van der Waals surface area contributed by atoms with Gasteiger partial charge in [0.15, 0.2) is 6.61 Å². The average Bonchev–Trinajstić information content (AvgIpc) is 3.46. The number of benzene rings is 2. The third kappa shape index (κ3) is 5.70. The molecule has 5 rings (SSSR count). The molecular formula is C28H32ClFN2O5. The van der Waals surface area contributed by atoms with Gasteiger partial charge in [-0.3, -0.25) is 9.59 Å². The normalized spacial score (nSPS) is 24.8. The zero-order valence-corrected chi connectivity index (χ0v) is 21.7. The van der Waals surface area contributed by atoms with Gasteiger partial charge in [0.2, 0.25) is 0 Å². The lowest BCUT2D eigenvalue weighted by atomic mass is 9.99. The lowest BCUT2D eigenvalue weighted by Crippen LogP contribution is -2.50. The van der Waals surface area contributed by atoms with Crippen molar-refractivity contribution in [2.45, 2.75) is 62.8 Å². The van der Waals surface area contributed by atoms with Gasteiger partial charge in [-0.15, -0.1) is 0 Å². The lowest BCUT2D eigenvalue weighted by Gasteiger charge is -2.38. The summed E-state index contributed by atoms with van der Waals surface area (Å²) in [5.41, 5.74) is 0.359. The van der Waals surface area contributed by atoms with Crippen LogP contribution in [0.5, 0.6) is 11.5 Å². The molecule has 0 N–H and O–H groups in total. The molecule has 2 aromatic rings. The van der Waals surface area contributed by atoms with Gasteiger partial charge in [0.05, 0.1) is 18.2 Å². The van der Waals surface area contributed by atoms with Gasteiger partial charge in [-0.05, 0) is 68.1 Å². The zero-order chi connectivity index (χ0) is 25.9.